The van der Waals surface area contributed by atoms with Crippen LogP contribution in [0.25, 0.3) is 11.1 Å². The molecule has 0 atom stereocenters. The van der Waals surface area contributed by atoms with Crippen LogP contribution in [-0.2, 0) is 21.7 Å². The summed E-state index contributed by atoms with van der Waals surface area (Å²) in [4.78, 5) is 0. The average Bonchev–Trinajstić information content (AvgIpc) is 3.51. The standard InChI is InChI=1S/C26H24BF6O4/c1-34-21-11-9-15(25(28,29)30)13-19(21)17-5-3-7-23(17)36-27-37-24-8-4-6-18(24)20-14-16(26(31,32)33)10-12-22(20)35-2/h9-14H,3-8H2,1-2H3. The van der Waals surface area contributed by atoms with Gasteiger partial charge in [0.15, 0.2) is 0 Å². The van der Waals surface area contributed by atoms with Crippen molar-refractivity contribution in [1.29, 1.82) is 0 Å². The van der Waals surface area contributed by atoms with Crippen LogP contribution in [0.5, 0.6) is 11.5 Å². The van der Waals surface area contributed by atoms with E-state index in [0.29, 0.717) is 83.8 Å². The van der Waals surface area contributed by atoms with E-state index in [1.54, 1.807) is 0 Å². The Bertz CT molecular complexity index is 1120. The highest BCUT2D eigenvalue weighted by Gasteiger charge is 2.34. The van der Waals surface area contributed by atoms with E-state index in [1.165, 1.54) is 26.4 Å². The topological polar surface area (TPSA) is 36.9 Å². The smallest absolute Gasteiger partial charge is 0.529 e. The monoisotopic (exact) mass is 525 g/mol. The first-order chi connectivity index (χ1) is 17.5. The molecular weight excluding hydrogens is 501 g/mol. The predicted molar refractivity (Wildman–Crippen MR) is 125 cm³/mol. The number of allylic oxidation sites excluding steroid dienone is 4. The number of alkyl halides is 6. The SMILES string of the molecule is COc1ccc(C(F)(F)F)cc1C1=C(O[B]OC2=C(c3cc(C(F)(F)F)ccc3OC)CCC2)CCC1. The Labute approximate surface area is 211 Å². The third-order valence-electron chi connectivity index (χ3n) is 6.42. The zero-order chi connectivity index (χ0) is 26.8. The van der Waals surface area contributed by atoms with Gasteiger partial charge in [0.25, 0.3) is 0 Å². The molecule has 2 aromatic rings. The number of hydrogen-bond acceptors (Lipinski definition) is 4. The lowest BCUT2D eigenvalue weighted by Crippen LogP contribution is -2.08. The Balaban J connectivity index is 1.57. The molecule has 0 saturated carbocycles. The van der Waals surface area contributed by atoms with E-state index >= 15 is 0 Å². The van der Waals surface area contributed by atoms with Crippen molar-refractivity contribution >= 4 is 18.8 Å². The van der Waals surface area contributed by atoms with Gasteiger partial charge in [-0.1, -0.05) is 0 Å². The number of halogens is 6. The fourth-order valence-corrected chi connectivity index (χ4v) is 4.64. The molecule has 0 fully saturated rings. The quantitative estimate of drug-likeness (QED) is 0.260. The van der Waals surface area contributed by atoms with Gasteiger partial charge in [0, 0.05) is 24.0 Å². The third kappa shape index (κ3) is 5.86. The molecule has 2 aliphatic rings. The average molecular weight is 525 g/mol. The number of rotatable bonds is 8. The van der Waals surface area contributed by atoms with Crippen molar-refractivity contribution in [2.45, 2.75) is 50.9 Å². The molecule has 0 aliphatic heterocycles. The highest BCUT2D eigenvalue weighted by Crippen LogP contribution is 2.43. The maximum absolute atomic E-state index is 13.3. The van der Waals surface area contributed by atoms with Gasteiger partial charge in [0.1, 0.15) is 11.5 Å². The third-order valence-corrected chi connectivity index (χ3v) is 6.42. The number of hydrogen-bond donors (Lipinski definition) is 0. The van der Waals surface area contributed by atoms with Crippen LogP contribution in [0.2, 0.25) is 0 Å². The minimum absolute atomic E-state index is 0.296. The second-order valence-electron chi connectivity index (χ2n) is 8.67. The molecule has 2 aliphatic carbocycles. The molecule has 0 unspecified atom stereocenters. The van der Waals surface area contributed by atoms with E-state index < -0.39 is 23.5 Å². The molecule has 4 nitrogen and oxygen atoms in total. The number of benzene rings is 2. The van der Waals surface area contributed by atoms with Gasteiger partial charge in [-0.05, 0) is 73.2 Å². The highest BCUT2D eigenvalue weighted by molar-refractivity contribution is 6.19. The molecule has 0 aromatic heterocycles. The first-order valence-electron chi connectivity index (χ1n) is 11.6. The van der Waals surface area contributed by atoms with Crippen LogP contribution in [0.3, 0.4) is 0 Å². The van der Waals surface area contributed by atoms with Crippen LogP contribution in [0.15, 0.2) is 47.9 Å². The van der Waals surface area contributed by atoms with Crippen LogP contribution in [0.1, 0.15) is 60.8 Å². The van der Waals surface area contributed by atoms with E-state index in [1.807, 2.05) is 0 Å². The first-order valence-corrected chi connectivity index (χ1v) is 11.6. The molecule has 0 heterocycles. The fraction of sp³-hybridized carbons (Fsp3) is 0.385. The van der Waals surface area contributed by atoms with E-state index in [2.05, 4.69) is 0 Å². The van der Waals surface area contributed by atoms with E-state index in [0.717, 1.165) is 32.0 Å². The van der Waals surface area contributed by atoms with E-state index in [4.69, 9.17) is 18.8 Å². The second kappa shape index (κ2) is 10.6. The molecule has 37 heavy (non-hydrogen) atoms. The van der Waals surface area contributed by atoms with Gasteiger partial charge in [0.2, 0.25) is 0 Å². The van der Waals surface area contributed by atoms with Crippen molar-refractivity contribution in [3.8, 4) is 11.5 Å². The van der Waals surface area contributed by atoms with Gasteiger partial charge < -0.3 is 18.8 Å². The van der Waals surface area contributed by atoms with Gasteiger partial charge >= 0.3 is 20.0 Å². The van der Waals surface area contributed by atoms with Crippen LogP contribution in [0.4, 0.5) is 26.3 Å². The van der Waals surface area contributed by atoms with Gasteiger partial charge in [-0.3, -0.25) is 0 Å². The molecule has 0 saturated heterocycles. The lowest BCUT2D eigenvalue weighted by Gasteiger charge is -2.17. The summed E-state index contributed by atoms with van der Waals surface area (Å²) in [6.07, 6.45) is -5.70. The van der Waals surface area contributed by atoms with Gasteiger partial charge in [-0.25, -0.2) is 0 Å². The molecule has 1 radical (unpaired) electrons. The molecule has 4 rings (SSSR count). The maximum atomic E-state index is 13.3. The van der Waals surface area contributed by atoms with Crippen LogP contribution >= 0.6 is 0 Å². The van der Waals surface area contributed by atoms with E-state index in [9.17, 15) is 26.3 Å². The molecule has 0 spiro atoms. The molecule has 2 aromatic carbocycles. The normalized spacial score (nSPS) is 16.3. The summed E-state index contributed by atoms with van der Waals surface area (Å²) >= 11 is 0. The minimum atomic E-state index is -4.51. The van der Waals surface area contributed by atoms with Crippen molar-refractivity contribution in [1.82, 2.24) is 0 Å². The van der Waals surface area contributed by atoms with Crippen LogP contribution < -0.4 is 9.47 Å². The van der Waals surface area contributed by atoms with Crippen molar-refractivity contribution in [3.63, 3.8) is 0 Å². The Morgan fingerprint density at radius 3 is 1.38 bits per heavy atom. The van der Waals surface area contributed by atoms with Crippen molar-refractivity contribution in [3.05, 3.63) is 70.2 Å². The van der Waals surface area contributed by atoms with Crippen molar-refractivity contribution in [2.24, 2.45) is 0 Å². The molecule has 0 bridgehead atoms. The maximum Gasteiger partial charge on any atom is 0.657 e. The summed E-state index contributed by atoms with van der Waals surface area (Å²) < 4.78 is 102. The number of ether oxygens (including phenoxy) is 2. The fourth-order valence-electron chi connectivity index (χ4n) is 4.64. The summed E-state index contributed by atoms with van der Waals surface area (Å²) in [6.45, 7) is 0. The lowest BCUT2D eigenvalue weighted by molar-refractivity contribution is -0.138. The Kier molecular flexibility index (Phi) is 7.71. The molecule has 11 heteroatoms. The minimum Gasteiger partial charge on any atom is -0.529 e. The zero-order valence-corrected chi connectivity index (χ0v) is 20.2. The Morgan fingerprint density at radius 1 is 0.622 bits per heavy atom. The van der Waals surface area contributed by atoms with Crippen LogP contribution in [-0.4, -0.2) is 21.9 Å². The number of methoxy groups -OCH3 is 2. The predicted octanol–water partition coefficient (Wildman–Crippen LogP) is 7.80. The largest absolute Gasteiger partial charge is 0.657 e. The second-order valence-corrected chi connectivity index (χ2v) is 8.67. The Morgan fingerprint density at radius 2 is 1.03 bits per heavy atom. The highest BCUT2D eigenvalue weighted by atomic mass is 19.4. The van der Waals surface area contributed by atoms with Crippen molar-refractivity contribution in [2.75, 3.05) is 14.2 Å². The summed E-state index contributed by atoms with van der Waals surface area (Å²) in [5, 5.41) is 0. The van der Waals surface area contributed by atoms with Crippen LogP contribution in [0, 0.1) is 0 Å². The van der Waals surface area contributed by atoms with Gasteiger partial charge in [-0.15, -0.1) is 0 Å². The zero-order valence-electron chi connectivity index (χ0n) is 20.2. The summed E-state index contributed by atoms with van der Waals surface area (Å²) in [5.74, 6) is 1.50. The molecule has 0 N–H and O–H groups in total. The van der Waals surface area contributed by atoms with Gasteiger partial charge in [0.05, 0.1) is 36.9 Å². The van der Waals surface area contributed by atoms with Gasteiger partial charge in [-0.2, -0.15) is 26.3 Å². The summed E-state index contributed by atoms with van der Waals surface area (Å²) in [6, 6.07) is 6.56. The lowest BCUT2D eigenvalue weighted by atomic mass is 10.0. The summed E-state index contributed by atoms with van der Waals surface area (Å²) in [5.41, 5.74) is 0.183. The molecule has 197 valence electrons. The first kappa shape index (κ1) is 26.8. The Hall–Kier alpha value is -3.24. The molecular formula is C26H24BF6O4. The molecule has 0 amide bonds. The van der Waals surface area contributed by atoms with Crippen molar-refractivity contribution < 1.29 is 45.1 Å². The van der Waals surface area contributed by atoms with E-state index in [-0.39, 0.29) is 0 Å². The summed E-state index contributed by atoms with van der Waals surface area (Å²) in [7, 11) is 3.85.